The summed E-state index contributed by atoms with van der Waals surface area (Å²) in [6, 6.07) is 7.07. The molecule has 25 heavy (non-hydrogen) atoms. The van der Waals surface area contributed by atoms with E-state index in [1.807, 2.05) is 16.0 Å². The first kappa shape index (κ1) is 17.6. The zero-order valence-electron chi connectivity index (χ0n) is 13.0. The highest BCUT2D eigenvalue weighted by Crippen LogP contribution is 2.19. The number of benzene rings is 1. The van der Waals surface area contributed by atoms with Crippen LogP contribution in [0.5, 0.6) is 0 Å². The van der Waals surface area contributed by atoms with Gasteiger partial charge in [-0.3, -0.25) is 4.79 Å². The van der Waals surface area contributed by atoms with Gasteiger partial charge in [0.1, 0.15) is 18.0 Å². The van der Waals surface area contributed by atoms with Crippen LogP contribution >= 0.6 is 23.1 Å². The van der Waals surface area contributed by atoms with Gasteiger partial charge < -0.3 is 9.88 Å². The van der Waals surface area contributed by atoms with Gasteiger partial charge in [0.2, 0.25) is 5.91 Å². The molecule has 0 saturated heterocycles. The van der Waals surface area contributed by atoms with Crippen LogP contribution in [0.3, 0.4) is 0 Å². The van der Waals surface area contributed by atoms with Crippen LogP contribution in [-0.4, -0.2) is 26.4 Å². The number of rotatable bonds is 7. The van der Waals surface area contributed by atoms with E-state index in [0.29, 0.717) is 11.7 Å². The molecule has 0 aliphatic rings. The van der Waals surface area contributed by atoms with Crippen LogP contribution < -0.4 is 5.32 Å². The van der Waals surface area contributed by atoms with Gasteiger partial charge in [-0.25, -0.2) is 8.78 Å². The molecule has 3 rings (SSSR count). The number of nitrogens with zero attached hydrogens (tertiary/aromatic N) is 3. The highest BCUT2D eigenvalue weighted by Gasteiger charge is 2.11. The SMILES string of the molecule is O=C(CSc1nncn1CCc1cccs1)Nc1ccc(F)cc1F. The summed E-state index contributed by atoms with van der Waals surface area (Å²) in [7, 11) is 0. The molecule has 0 aliphatic heterocycles. The lowest BCUT2D eigenvalue weighted by Crippen LogP contribution is -2.15. The average Bonchev–Trinajstić information content (AvgIpc) is 3.25. The normalized spacial score (nSPS) is 10.8. The fraction of sp³-hybridized carbons (Fsp3) is 0.188. The minimum Gasteiger partial charge on any atom is -0.323 e. The van der Waals surface area contributed by atoms with Gasteiger partial charge in [0.15, 0.2) is 5.16 Å². The Balaban J connectivity index is 1.53. The van der Waals surface area contributed by atoms with Crippen LogP contribution in [0.15, 0.2) is 47.2 Å². The number of carbonyl (C=O) groups excluding carboxylic acids is 1. The number of carbonyl (C=O) groups is 1. The molecule has 3 aromatic rings. The predicted molar refractivity (Wildman–Crippen MR) is 93.8 cm³/mol. The molecule has 0 aliphatic carbocycles. The second kappa shape index (κ2) is 8.21. The maximum Gasteiger partial charge on any atom is 0.234 e. The van der Waals surface area contributed by atoms with E-state index in [2.05, 4.69) is 21.6 Å². The van der Waals surface area contributed by atoms with E-state index in [1.54, 1.807) is 17.7 Å². The highest BCUT2D eigenvalue weighted by molar-refractivity contribution is 7.99. The van der Waals surface area contributed by atoms with Crippen molar-refractivity contribution >= 4 is 34.7 Å². The van der Waals surface area contributed by atoms with Crippen molar-refractivity contribution in [2.45, 2.75) is 18.1 Å². The Labute approximate surface area is 151 Å². The zero-order valence-corrected chi connectivity index (χ0v) is 14.6. The Hall–Kier alpha value is -2.26. The summed E-state index contributed by atoms with van der Waals surface area (Å²) in [4.78, 5) is 13.2. The zero-order chi connectivity index (χ0) is 17.6. The Kier molecular flexibility index (Phi) is 5.77. The fourth-order valence-corrected chi connectivity index (χ4v) is 3.54. The van der Waals surface area contributed by atoms with Crippen LogP contribution in [0.2, 0.25) is 0 Å². The van der Waals surface area contributed by atoms with Crippen LogP contribution in [0, 0.1) is 11.6 Å². The summed E-state index contributed by atoms with van der Waals surface area (Å²) < 4.78 is 28.3. The van der Waals surface area contributed by atoms with E-state index in [0.717, 1.165) is 18.6 Å². The third-order valence-electron chi connectivity index (χ3n) is 3.30. The number of anilines is 1. The lowest BCUT2D eigenvalue weighted by molar-refractivity contribution is -0.113. The highest BCUT2D eigenvalue weighted by atomic mass is 32.2. The number of halogens is 2. The van der Waals surface area contributed by atoms with Crippen molar-refractivity contribution in [1.29, 1.82) is 0 Å². The van der Waals surface area contributed by atoms with Gasteiger partial charge in [-0.1, -0.05) is 17.8 Å². The van der Waals surface area contributed by atoms with E-state index in [1.165, 1.54) is 22.7 Å². The second-order valence-corrected chi connectivity index (χ2v) is 7.07. The monoisotopic (exact) mass is 380 g/mol. The van der Waals surface area contributed by atoms with Crippen LogP contribution in [0.25, 0.3) is 0 Å². The standard InChI is InChI=1S/C16H14F2N4OS2/c17-11-3-4-14(13(18)8-11)20-15(23)9-25-16-21-19-10-22(16)6-5-12-2-1-7-24-12/h1-4,7-8,10H,5-6,9H2,(H,20,23). The van der Waals surface area contributed by atoms with Gasteiger partial charge in [-0.2, -0.15) is 0 Å². The molecule has 0 spiro atoms. The Morgan fingerprint density at radius 2 is 2.20 bits per heavy atom. The van der Waals surface area contributed by atoms with Crippen molar-refractivity contribution in [2.75, 3.05) is 11.1 Å². The molecular weight excluding hydrogens is 366 g/mol. The number of aromatic nitrogens is 3. The van der Waals surface area contributed by atoms with E-state index < -0.39 is 17.5 Å². The van der Waals surface area contributed by atoms with Crippen molar-refractivity contribution < 1.29 is 13.6 Å². The average molecular weight is 380 g/mol. The molecule has 0 bridgehead atoms. The molecule has 1 aromatic carbocycles. The molecule has 0 unspecified atom stereocenters. The van der Waals surface area contributed by atoms with Crippen molar-refractivity contribution in [3.63, 3.8) is 0 Å². The van der Waals surface area contributed by atoms with Gasteiger partial charge in [-0.05, 0) is 30.0 Å². The summed E-state index contributed by atoms with van der Waals surface area (Å²) in [5.74, 6) is -1.85. The lowest BCUT2D eigenvalue weighted by atomic mass is 10.3. The number of hydrogen-bond acceptors (Lipinski definition) is 5. The molecule has 2 aromatic heterocycles. The number of nitrogens with one attached hydrogen (secondary N) is 1. The van der Waals surface area contributed by atoms with Gasteiger partial charge >= 0.3 is 0 Å². The predicted octanol–water partition coefficient (Wildman–Crippen LogP) is 3.59. The summed E-state index contributed by atoms with van der Waals surface area (Å²) in [6.07, 6.45) is 2.48. The minimum atomic E-state index is -0.808. The quantitative estimate of drug-likeness (QED) is 0.637. The van der Waals surface area contributed by atoms with E-state index in [-0.39, 0.29) is 11.4 Å². The van der Waals surface area contributed by atoms with Crippen molar-refractivity contribution in [1.82, 2.24) is 14.8 Å². The maximum atomic E-state index is 13.5. The molecule has 5 nitrogen and oxygen atoms in total. The molecule has 1 amide bonds. The minimum absolute atomic E-state index is 0.0498. The second-order valence-electron chi connectivity index (χ2n) is 5.10. The summed E-state index contributed by atoms with van der Waals surface area (Å²) in [5, 5.41) is 12.9. The molecule has 0 atom stereocenters. The molecule has 2 heterocycles. The molecule has 0 fully saturated rings. The summed E-state index contributed by atoms with van der Waals surface area (Å²) >= 11 is 2.90. The first-order valence-electron chi connectivity index (χ1n) is 7.40. The van der Waals surface area contributed by atoms with Crippen molar-refractivity contribution in [2.24, 2.45) is 0 Å². The molecule has 130 valence electrons. The Bertz CT molecular complexity index is 852. The first-order valence-corrected chi connectivity index (χ1v) is 9.26. The smallest absolute Gasteiger partial charge is 0.234 e. The van der Waals surface area contributed by atoms with Gasteiger partial charge in [-0.15, -0.1) is 21.5 Å². The molecular formula is C16H14F2N4OS2. The van der Waals surface area contributed by atoms with Gasteiger partial charge in [0, 0.05) is 17.5 Å². The van der Waals surface area contributed by atoms with Crippen LogP contribution in [-0.2, 0) is 17.8 Å². The maximum absolute atomic E-state index is 13.5. The van der Waals surface area contributed by atoms with Gasteiger partial charge in [0.05, 0.1) is 11.4 Å². The topological polar surface area (TPSA) is 59.8 Å². The van der Waals surface area contributed by atoms with Crippen LogP contribution in [0.4, 0.5) is 14.5 Å². The molecule has 0 radical (unpaired) electrons. The third kappa shape index (κ3) is 4.86. The van der Waals surface area contributed by atoms with E-state index >= 15 is 0 Å². The van der Waals surface area contributed by atoms with E-state index in [4.69, 9.17) is 0 Å². The van der Waals surface area contributed by atoms with E-state index in [9.17, 15) is 13.6 Å². The number of aryl methyl sites for hydroxylation is 2. The number of amides is 1. The van der Waals surface area contributed by atoms with Crippen molar-refractivity contribution in [3.8, 4) is 0 Å². The Morgan fingerprint density at radius 1 is 1.32 bits per heavy atom. The Morgan fingerprint density at radius 3 is 2.96 bits per heavy atom. The molecule has 9 heteroatoms. The van der Waals surface area contributed by atoms with Crippen LogP contribution in [0.1, 0.15) is 4.88 Å². The first-order chi connectivity index (χ1) is 12.1. The lowest BCUT2D eigenvalue weighted by Gasteiger charge is -2.07. The van der Waals surface area contributed by atoms with Crippen molar-refractivity contribution in [3.05, 3.63) is 58.6 Å². The molecule has 0 saturated carbocycles. The summed E-state index contributed by atoms with van der Waals surface area (Å²) in [6.45, 7) is 0.712. The third-order valence-corrected chi connectivity index (χ3v) is 5.21. The number of thioether (sulfide) groups is 1. The number of thiophene rings is 1. The largest absolute Gasteiger partial charge is 0.323 e. The fourth-order valence-electron chi connectivity index (χ4n) is 2.10. The molecule has 1 N–H and O–H groups in total. The van der Waals surface area contributed by atoms with Gasteiger partial charge in [0.25, 0.3) is 0 Å². The number of hydrogen-bond donors (Lipinski definition) is 1. The summed E-state index contributed by atoms with van der Waals surface area (Å²) in [5.41, 5.74) is -0.0498.